The second kappa shape index (κ2) is 7.10. The number of ether oxygens (including phenoxy) is 1. The summed E-state index contributed by atoms with van der Waals surface area (Å²) in [6, 6.07) is 13.1. The molecule has 2 aromatic carbocycles. The van der Waals surface area contributed by atoms with Crippen molar-refractivity contribution in [2.24, 2.45) is 5.73 Å². The number of hydrogen-bond acceptors (Lipinski definition) is 5. The summed E-state index contributed by atoms with van der Waals surface area (Å²) in [5, 5.41) is 10.2. The van der Waals surface area contributed by atoms with Crippen molar-refractivity contribution in [3.63, 3.8) is 0 Å². The molecule has 0 saturated carbocycles. The molecule has 0 spiro atoms. The molecule has 3 aromatic rings. The highest BCUT2D eigenvalue weighted by Crippen LogP contribution is 2.18. The van der Waals surface area contributed by atoms with Crippen LogP contribution in [0.15, 0.2) is 48.5 Å². The number of anilines is 1. The van der Waals surface area contributed by atoms with E-state index in [-0.39, 0.29) is 5.82 Å². The predicted molar refractivity (Wildman–Crippen MR) is 89.1 cm³/mol. The molecule has 0 bridgehead atoms. The molecule has 3 rings (SSSR count). The number of nitrogens with one attached hydrogen (secondary N) is 2. The van der Waals surface area contributed by atoms with Crippen LogP contribution in [-0.2, 0) is 6.54 Å². The number of rotatable bonds is 6. The third-order valence-corrected chi connectivity index (χ3v) is 3.61. The van der Waals surface area contributed by atoms with Gasteiger partial charge in [-0.15, -0.1) is 0 Å². The highest BCUT2D eigenvalue weighted by atomic mass is 19.1. The van der Waals surface area contributed by atoms with Crippen LogP contribution >= 0.6 is 0 Å². The van der Waals surface area contributed by atoms with Crippen molar-refractivity contribution in [1.29, 1.82) is 0 Å². The van der Waals surface area contributed by atoms with Crippen LogP contribution in [0.1, 0.15) is 23.3 Å². The number of aromatic amines is 1. The first-order chi connectivity index (χ1) is 11.7. The lowest BCUT2D eigenvalue weighted by Crippen LogP contribution is -2.13. The van der Waals surface area contributed by atoms with E-state index in [1.165, 1.54) is 12.1 Å². The number of halogens is 1. The summed E-state index contributed by atoms with van der Waals surface area (Å²) in [5.41, 5.74) is 7.81. The lowest BCUT2D eigenvalue weighted by Gasteiger charge is -2.07. The van der Waals surface area contributed by atoms with Gasteiger partial charge in [0.1, 0.15) is 17.4 Å². The largest absolute Gasteiger partial charge is 0.497 e. The van der Waals surface area contributed by atoms with Crippen LogP contribution in [0.2, 0.25) is 0 Å². The van der Waals surface area contributed by atoms with Crippen LogP contribution in [0.5, 0.6) is 5.75 Å². The topological polar surface area (TPSA) is 88.8 Å². The summed E-state index contributed by atoms with van der Waals surface area (Å²) in [4.78, 5) is 4.39. The van der Waals surface area contributed by atoms with Crippen LogP contribution in [0.3, 0.4) is 0 Å². The van der Waals surface area contributed by atoms with E-state index < -0.39 is 6.04 Å². The summed E-state index contributed by atoms with van der Waals surface area (Å²) < 4.78 is 18.1. The van der Waals surface area contributed by atoms with Gasteiger partial charge in [-0.2, -0.15) is 5.10 Å². The zero-order valence-electron chi connectivity index (χ0n) is 13.2. The molecule has 6 nitrogen and oxygen atoms in total. The fourth-order valence-electron chi connectivity index (χ4n) is 2.24. The lowest BCUT2D eigenvalue weighted by atomic mass is 10.1. The van der Waals surface area contributed by atoms with Crippen molar-refractivity contribution in [1.82, 2.24) is 15.2 Å². The minimum atomic E-state index is -0.503. The summed E-state index contributed by atoms with van der Waals surface area (Å²) in [5.74, 6) is 1.63. The number of nitrogens with two attached hydrogens (primary N) is 1. The zero-order valence-corrected chi connectivity index (χ0v) is 13.2. The van der Waals surface area contributed by atoms with E-state index in [9.17, 15) is 4.39 Å². The monoisotopic (exact) mass is 327 g/mol. The average molecular weight is 327 g/mol. The Bertz CT molecular complexity index is 786. The maximum atomic E-state index is 13.0. The smallest absolute Gasteiger partial charge is 0.171 e. The molecule has 1 aromatic heterocycles. The first-order valence-electron chi connectivity index (χ1n) is 7.46. The van der Waals surface area contributed by atoms with Gasteiger partial charge in [0.25, 0.3) is 0 Å². The fourth-order valence-corrected chi connectivity index (χ4v) is 2.24. The summed E-state index contributed by atoms with van der Waals surface area (Å²) >= 11 is 0. The van der Waals surface area contributed by atoms with E-state index in [4.69, 9.17) is 10.5 Å². The first-order valence-corrected chi connectivity index (χ1v) is 7.46. The van der Waals surface area contributed by atoms with Crippen LogP contribution in [-0.4, -0.2) is 22.3 Å². The maximum absolute atomic E-state index is 13.0. The number of hydrogen-bond donors (Lipinski definition) is 3. The Morgan fingerprint density at radius 3 is 2.54 bits per heavy atom. The molecule has 24 heavy (non-hydrogen) atoms. The Morgan fingerprint density at radius 1 is 1.17 bits per heavy atom. The van der Waals surface area contributed by atoms with Crippen LogP contribution in [0.4, 0.5) is 10.1 Å². The Kier molecular flexibility index (Phi) is 4.72. The molecule has 0 radical (unpaired) electrons. The number of methoxy groups -OCH3 is 1. The van der Waals surface area contributed by atoms with Gasteiger partial charge in [-0.3, -0.25) is 5.10 Å². The normalized spacial score (nSPS) is 12.0. The van der Waals surface area contributed by atoms with E-state index in [1.807, 2.05) is 24.3 Å². The van der Waals surface area contributed by atoms with Gasteiger partial charge < -0.3 is 15.8 Å². The van der Waals surface area contributed by atoms with Crippen LogP contribution in [0.25, 0.3) is 0 Å². The fraction of sp³-hybridized carbons (Fsp3) is 0.176. The number of aromatic nitrogens is 3. The zero-order chi connectivity index (χ0) is 16.9. The Labute approximate surface area is 138 Å². The minimum Gasteiger partial charge on any atom is -0.497 e. The molecule has 0 aliphatic carbocycles. The third-order valence-electron chi connectivity index (χ3n) is 3.61. The molecule has 1 atom stereocenters. The third kappa shape index (κ3) is 3.69. The Morgan fingerprint density at radius 2 is 1.88 bits per heavy atom. The molecule has 0 amide bonds. The van der Waals surface area contributed by atoms with Gasteiger partial charge in [0.05, 0.1) is 19.7 Å². The van der Waals surface area contributed by atoms with E-state index in [1.54, 1.807) is 19.2 Å². The molecule has 0 fully saturated rings. The number of H-pyrrole nitrogens is 1. The molecular weight excluding hydrogens is 309 g/mol. The molecule has 7 heteroatoms. The van der Waals surface area contributed by atoms with Crippen molar-refractivity contribution in [3.8, 4) is 5.75 Å². The first kappa shape index (κ1) is 15.9. The van der Waals surface area contributed by atoms with E-state index in [0.717, 1.165) is 17.0 Å². The molecule has 0 saturated heterocycles. The van der Waals surface area contributed by atoms with Crippen molar-refractivity contribution < 1.29 is 9.13 Å². The van der Waals surface area contributed by atoms with Gasteiger partial charge in [0.2, 0.25) is 0 Å². The highest BCUT2D eigenvalue weighted by molar-refractivity contribution is 5.46. The van der Waals surface area contributed by atoms with Gasteiger partial charge in [0, 0.05) is 5.69 Å². The Hall–Kier alpha value is -2.93. The summed E-state index contributed by atoms with van der Waals surface area (Å²) in [7, 11) is 1.63. The predicted octanol–water partition coefficient (Wildman–Crippen LogP) is 2.61. The van der Waals surface area contributed by atoms with Crippen molar-refractivity contribution in [3.05, 3.63) is 71.6 Å². The number of nitrogens with zero attached hydrogens (tertiary/aromatic N) is 2. The minimum absolute atomic E-state index is 0.301. The Balaban J connectivity index is 1.63. The molecule has 0 unspecified atom stereocenters. The van der Waals surface area contributed by atoms with Gasteiger partial charge in [-0.05, 0) is 42.0 Å². The molecule has 124 valence electrons. The van der Waals surface area contributed by atoms with Crippen LogP contribution in [0, 0.1) is 5.82 Å². The second-order valence-electron chi connectivity index (χ2n) is 5.25. The lowest BCUT2D eigenvalue weighted by molar-refractivity contribution is 0.415. The van der Waals surface area contributed by atoms with E-state index >= 15 is 0 Å². The molecular formula is C17H18FN5O. The van der Waals surface area contributed by atoms with Gasteiger partial charge in [-0.1, -0.05) is 12.1 Å². The molecule has 1 heterocycles. The maximum Gasteiger partial charge on any atom is 0.171 e. The van der Waals surface area contributed by atoms with Crippen LogP contribution < -0.4 is 15.8 Å². The summed E-state index contributed by atoms with van der Waals surface area (Å²) in [6.45, 7) is 0.482. The van der Waals surface area contributed by atoms with E-state index in [0.29, 0.717) is 18.2 Å². The summed E-state index contributed by atoms with van der Waals surface area (Å²) in [6.07, 6.45) is 0. The van der Waals surface area contributed by atoms with Gasteiger partial charge in [0.15, 0.2) is 5.82 Å². The highest BCUT2D eigenvalue weighted by Gasteiger charge is 2.14. The van der Waals surface area contributed by atoms with Crippen molar-refractivity contribution in [2.75, 3.05) is 12.4 Å². The number of benzene rings is 2. The van der Waals surface area contributed by atoms with Gasteiger partial charge >= 0.3 is 0 Å². The van der Waals surface area contributed by atoms with Crippen molar-refractivity contribution >= 4 is 5.69 Å². The quantitative estimate of drug-likeness (QED) is 0.647. The molecule has 4 N–H and O–H groups in total. The standard InChI is InChI=1S/C17H18FN5O/c1-24-14-8-6-13(7-9-14)20-10-15-21-17(23-22-15)16(19)11-2-4-12(18)5-3-11/h2-9,16,20H,10,19H2,1H3,(H,21,22,23)/t16-/m1/s1. The second-order valence-corrected chi connectivity index (χ2v) is 5.25. The SMILES string of the molecule is COc1ccc(NCc2nc([C@H](N)c3ccc(F)cc3)n[nH]2)cc1. The average Bonchev–Trinajstić information content (AvgIpc) is 3.09. The van der Waals surface area contributed by atoms with Crippen molar-refractivity contribution in [2.45, 2.75) is 12.6 Å². The molecule has 0 aliphatic rings. The van der Waals surface area contributed by atoms with Gasteiger partial charge in [-0.25, -0.2) is 9.37 Å². The molecule has 0 aliphatic heterocycles. The van der Waals surface area contributed by atoms with E-state index in [2.05, 4.69) is 20.5 Å².